The quantitative estimate of drug-likeness (QED) is 0.606. The summed E-state index contributed by atoms with van der Waals surface area (Å²) in [6.07, 6.45) is 8.82. The van der Waals surface area contributed by atoms with Crippen LogP contribution in [0.4, 0.5) is 5.82 Å². The van der Waals surface area contributed by atoms with Crippen LogP contribution in [-0.2, 0) is 6.54 Å². The summed E-state index contributed by atoms with van der Waals surface area (Å²) in [5.74, 6) is 0.782. The van der Waals surface area contributed by atoms with Crippen molar-refractivity contribution >= 4 is 16.9 Å². The number of anilines is 1. The molecular weight excluding hydrogens is 288 g/mol. The normalized spacial score (nSPS) is 10.8. The predicted octanol–water partition coefficient (Wildman–Crippen LogP) is 3.03. The van der Waals surface area contributed by atoms with Crippen molar-refractivity contribution in [1.29, 1.82) is 0 Å². The van der Waals surface area contributed by atoms with Gasteiger partial charge in [0.2, 0.25) is 0 Å². The summed E-state index contributed by atoms with van der Waals surface area (Å²) < 4.78 is 0. The van der Waals surface area contributed by atoms with E-state index in [0.29, 0.717) is 6.54 Å². The molecular formula is C17H14N6. The van der Waals surface area contributed by atoms with Crippen LogP contribution in [0.1, 0.15) is 5.56 Å². The number of nitrogens with one attached hydrogen (secondary N) is 2. The van der Waals surface area contributed by atoms with Crippen LogP contribution in [-0.4, -0.2) is 24.9 Å². The standard InChI is InChI=1S/C17H14N6/c1-2-13-14(10-21-17(13)19-5-1)15-8-16(23-11-22-15)20-9-12-3-6-18-7-4-12/h1-8,10-11H,9H2,(H,19,21)(H,20,22,23). The molecule has 112 valence electrons. The van der Waals surface area contributed by atoms with E-state index in [0.717, 1.165) is 33.7 Å². The molecule has 0 fully saturated rings. The number of aromatic nitrogens is 5. The zero-order chi connectivity index (χ0) is 15.5. The molecule has 0 atom stereocenters. The molecule has 23 heavy (non-hydrogen) atoms. The Hall–Kier alpha value is -3.28. The number of nitrogens with zero attached hydrogens (tertiary/aromatic N) is 4. The first-order valence-electron chi connectivity index (χ1n) is 7.27. The number of rotatable bonds is 4. The van der Waals surface area contributed by atoms with Gasteiger partial charge in [-0.05, 0) is 29.8 Å². The van der Waals surface area contributed by atoms with Crippen LogP contribution in [0, 0.1) is 0 Å². The fourth-order valence-electron chi connectivity index (χ4n) is 2.46. The van der Waals surface area contributed by atoms with Gasteiger partial charge in [0.1, 0.15) is 17.8 Å². The van der Waals surface area contributed by atoms with Gasteiger partial charge in [-0.1, -0.05) is 0 Å². The van der Waals surface area contributed by atoms with Crippen molar-refractivity contribution in [2.45, 2.75) is 6.54 Å². The average molecular weight is 302 g/mol. The summed E-state index contributed by atoms with van der Waals surface area (Å²) in [7, 11) is 0. The van der Waals surface area contributed by atoms with E-state index in [-0.39, 0.29) is 0 Å². The zero-order valence-corrected chi connectivity index (χ0v) is 12.3. The molecule has 0 aromatic carbocycles. The molecule has 0 spiro atoms. The maximum absolute atomic E-state index is 4.38. The molecule has 0 bridgehead atoms. The lowest BCUT2D eigenvalue weighted by Gasteiger charge is -2.06. The smallest absolute Gasteiger partial charge is 0.137 e. The van der Waals surface area contributed by atoms with Crippen LogP contribution in [0.25, 0.3) is 22.3 Å². The van der Waals surface area contributed by atoms with Crippen LogP contribution in [0.5, 0.6) is 0 Å². The first kappa shape index (κ1) is 13.4. The van der Waals surface area contributed by atoms with Gasteiger partial charge in [0.25, 0.3) is 0 Å². The van der Waals surface area contributed by atoms with Gasteiger partial charge in [0, 0.05) is 48.3 Å². The molecule has 0 amide bonds. The van der Waals surface area contributed by atoms with Crippen molar-refractivity contribution in [3.63, 3.8) is 0 Å². The number of hydrogen-bond acceptors (Lipinski definition) is 5. The van der Waals surface area contributed by atoms with Crippen molar-refractivity contribution in [2.24, 2.45) is 0 Å². The third-order valence-corrected chi connectivity index (χ3v) is 3.62. The maximum Gasteiger partial charge on any atom is 0.137 e. The molecule has 4 heterocycles. The Labute approximate surface area is 132 Å². The Morgan fingerprint density at radius 1 is 1.00 bits per heavy atom. The molecule has 0 aliphatic rings. The fourth-order valence-corrected chi connectivity index (χ4v) is 2.46. The zero-order valence-electron chi connectivity index (χ0n) is 12.3. The van der Waals surface area contributed by atoms with Crippen LogP contribution in [0.2, 0.25) is 0 Å². The van der Waals surface area contributed by atoms with E-state index in [1.54, 1.807) is 24.9 Å². The number of H-pyrrole nitrogens is 1. The third-order valence-electron chi connectivity index (χ3n) is 3.62. The minimum absolute atomic E-state index is 0.689. The second-order valence-electron chi connectivity index (χ2n) is 5.10. The minimum atomic E-state index is 0.689. The van der Waals surface area contributed by atoms with E-state index in [4.69, 9.17) is 0 Å². The minimum Gasteiger partial charge on any atom is -0.366 e. The third kappa shape index (κ3) is 2.74. The van der Waals surface area contributed by atoms with E-state index < -0.39 is 0 Å². The lowest BCUT2D eigenvalue weighted by molar-refractivity contribution is 1.07. The van der Waals surface area contributed by atoms with Gasteiger partial charge in [0.05, 0.1) is 5.69 Å². The van der Waals surface area contributed by atoms with Crippen molar-refractivity contribution in [2.75, 3.05) is 5.32 Å². The summed E-state index contributed by atoms with van der Waals surface area (Å²) in [5, 5.41) is 4.35. The van der Waals surface area contributed by atoms with Crippen molar-refractivity contribution < 1.29 is 0 Å². The first-order valence-corrected chi connectivity index (χ1v) is 7.27. The summed E-state index contributed by atoms with van der Waals surface area (Å²) >= 11 is 0. The highest BCUT2D eigenvalue weighted by atomic mass is 15.0. The molecule has 4 aromatic rings. The molecule has 0 saturated carbocycles. The average Bonchev–Trinajstić information content (AvgIpc) is 3.05. The lowest BCUT2D eigenvalue weighted by Crippen LogP contribution is -2.02. The molecule has 2 N–H and O–H groups in total. The summed E-state index contributed by atoms with van der Waals surface area (Å²) in [6.45, 7) is 0.689. The van der Waals surface area contributed by atoms with Crippen LogP contribution in [0.3, 0.4) is 0 Å². The molecule has 0 unspecified atom stereocenters. The van der Waals surface area contributed by atoms with Gasteiger partial charge < -0.3 is 10.3 Å². The number of pyridine rings is 2. The van der Waals surface area contributed by atoms with Gasteiger partial charge in [-0.3, -0.25) is 4.98 Å². The van der Waals surface area contributed by atoms with E-state index in [1.165, 1.54) is 0 Å². The van der Waals surface area contributed by atoms with E-state index in [1.807, 2.05) is 36.5 Å². The first-order chi connectivity index (χ1) is 11.4. The van der Waals surface area contributed by atoms with Crippen LogP contribution >= 0.6 is 0 Å². The van der Waals surface area contributed by atoms with Gasteiger partial charge in [0.15, 0.2) is 0 Å². The molecule has 6 nitrogen and oxygen atoms in total. The topological polar surface area (TPSA) is 79.4 Å². The highest BCUT2D eigenvalue weighted by Crippen LogP contribution is 2.26. The number of hydrogen-bond donors (Lipinski definition) is 2. The van der Waals surface area contributed by atoms with Crippen LogP contribution in [0.15, 0.2) is 61.4 Å². The molecule has 0 radical (unpaired) electrons. The molecule has 0 aliphatic carbocycles. The second-order valence-corrected chi connectivity index (χ2v) is 5.10. The van der Waals surface area contributed by atoms with E-state index >= 15 is 0 Å². The number of aromatic amines is 1. The molecule has 4 aromatic heterocycles. The Kier molecular flexibility index (Phi) is 3.40. The Balaban J connectivity index is 1.61. The summed E-state index contributed by atoms with van der Waals surface area (Å²) in [6, 6.07) is 9.83. The number of fused-ring (bicyclic) bond motifs is 1. The van der Waals surface area contributed by atoms with E-state index in [2.05, 4.69) is 30.2 Å². The Morgan fingerprint density at radius 2 is 1.91 bits per heavy atom. The SMILES string of the molecule is c1cnc2[nH]cc(-c3cc(NCc4ccncc4)ncn3)c2c1. The van der Waals surface area contributed by atoms with Gasteiger partial charge in [-0.2, -0.15) is 0 Å². The fraction of sp³-hybridized carbons (Fsp3) is 0.0588. The van der Waals surface area contributed by atoms with Gasteiger partial charge in [-0.25, -0.2) is 15.0 Å². The van der Waals surface area contributed by atoms with Crippen LogP contribution < -0.4 is 5.32 Å². The molecule has 4 rings (SSSR count). The largest absolute Gasteiger partial charge is 0.366 e. The van der Waals surface area contributed by atoms with Gasteiger partial charge >= 0.3 is 0 Å². The highest BCUT2D eigenvalue weighted by Gasteiger charge is 2.08. The van der Waals surface area contributed by atoms with Crippen molar-refractivity contribution in [3.05, 3.63) is 67.0 Å². The second kappa shape index (κ2) is 5.84. The molecule has 6 heteroatoms. The van der Waals surface area contributed by atoms with E-state index in [9.17, 15) is 0 Å². The summed E-state index contributed by atoms with van der Waals surface area (Å²) in [5.41, 5.74) is 3.88. The molecule has 0 aliphatic heterocycles. The maximum atomic E-state index is 4.38. The van der Waals surface area contributed by atoms with Crippen molar-refractivity contribution in [3.8, 4) is 11.3 Å². The Morgan fingerprint density at radius 3 is 2.83 bits per heavy atom. The predicted molar refractivity (Wildman–Crippen MR) is 88.7 cm³/mol. The molecule has 0 saturated heterocycles. The van der Waals surface area contributed by atoms with Crippen molar-refractivity contribution in [1.82, 2.24) is 24.9 Å². The monoisotopic (exact) mass is 302 g/mol. The summed E-state index contributed by atoms with van der Waals surface area (Å²) in [4.78, 5) is 20.1. The van der Waals surface area contributed by atoms with Gasteiger partial charge in [-0.15, -0.1) is 0 Å². The highest BCUT2D eigenvalue weighted by molar-refractivity contribution is 5.92. The lowest BCUT2D eigenvalue weighted by atomic mass is 10.1. The Bertz CT molecular complexity index is 932.